The molecule has 0 aromatic rings. The second-order valence-corrected chi connectivity index (χ2v) is 6.56. The fourth-order valence-electron chi connectivity index (χ4n) is 2.47. The maximum absolute atomic E-state index is 11.8. The Labute approximate surface area is 111 Å². The van der Waals surface area contributed by atoms with Crippen LogP contribution in [-0.2, 0) is 4.79 Å². The highest BCUT2D eigenvalue weighted by molar-refractivity contribution is 8.00. The van der Waals surface area contributed by atoms with Gasteiger partial charge in [-0.2, -0.15) is 11.8 Å². The van der Waals surface area contributed by atoms with Gasteiger partial charge in [0, 0.05) is 11.3 Å². The third kappa shape index (κ3) is 2.74. The molecule has 2 fully saturated rings. The van der Waals surface area contributed by atoms with Crippen molar-refractivity contribution in [1.29, 1.82) is 0 Å². The number of rotatable bonds is 5. The van der Waals surface area contributed by atoms with Gasteiger partial charge in [0.15, 0.2) is 0 Å². The van der Waals surface area contributed by atoms with Crippen LogP contribution in [0.25, 0.3) is 0 Å². The van der Waals surface area contributed by atoms with E-state index in [1.807, 2.05) is 6.26 Å². The van der Waals surface area contributed by atoms with E-state index >= 15 is 0 Å². The minimum atomic E-state index is -1.04. The van der Waals surface area contributed by atoms with Crippen LogP contribution in [0.1, 0.15) is 38.5 Å². The Hall–Kier alpha value is -0.910. The van der Waals surface area contributed by atoms with E-state index in [4.69, 9.17) is 0 Å². The van der Waals surface area contributed by atoms with Crippen LogP contribution in [0, 0.1) is 0 Å². The van der Waals surface area contributed by atoms with Crippen LogP contribution < -0.4 is 10.6 Å². The third-order valence-electron chi connectivity index (χ3n) is 4.03. The molecular weight excluding hydrogens is 252 g/mol. The summed E-state index contributed by atoms with van der Waals surface area (Å²) in [6.07, 6.45) is 7.08. The fourth-order valence-corrected chi connectivity index (χ4v) is 3.19. The lowest BCUT2D eigenvalue weighted by Gasteiger charge is -2.26. The third-order valence-corrected chi connectivity index (χ3v) is 5.45. The van der Waals surface area contributed by atoms with Crippen LogP contribution in [0.5, 0.6) is 0 Å². The molecule has 0 bridgehead atoms. The minimum Gasteiger partial charge on any atom is -0.480 e. The number of aliphatic carboxylic acids is 1. The molecule has 0 aromatic carbocycles. The zero-order chi connectivity index (χ0) is 13.2. The van der Waals surface area contributed by atoms with E-state index in [1.54, 1.807) is 11.8 Å². The summed E-state index contributed by atoms with van der Waals surface area (Å²) in [6, 6.07) is -0.348. The molecule has 2 rings (SSSR count). The molecule has 0 atom stereocenters. The smallest absolute Gasteiger partial charge is 0.329 e. The number of carboxylic acids is 1. The Kier molecular flexibility index (Phi) is 3.75. The standard InChI is InChI=1S/C12H20N2O3S/c1-18-11(6-7-11)8-13-10(17)14-12(9(15)16)4-2-3-5-12/h2-8H2,1H3,(H,15,16)(H2,13,14,17). The van der Waals surface area contributed by atoms with Crippen LogP contribution in [-0.4, -0.2) is 40.2 Å². The number of urea groups is 1. The molecule has 2 aliphatic carbocycles. The Balaban J connectivity index is 1.84. The van der Waals surface area contributed by atoms with Crippen molar-refractivity contribution in [1.82, 2.24) is 10.6 Å². The fraction of sp³-hybridized carbons (Fsp3) is 0.833. The van der Waals surface area contributed by atoms with Gasteiger partial charge < -0.3 is 15.7 Å². The van der Waals surface area contributed by atoms with Gasteiger partial charge in [-0.05, 0) is 31.9 Å². The highest BCUT2D eigenvalue weighted by atomic mass is 32.2. The zero-order valence-electron chi connectivity index (χ0n) is 10.6. The number of hydrogen-bond acceptors (Lipinski definition) is 3. The lowest BCUT2D eigenvalue weighted by Crippen LogP contribution is -2.56. The molecule has 6 heteroatoms. The topological polar surface area (TPSA) is 78.4 Å². The van der Waals surface area contributed by atoms with Gasteiger partial charge in [0.25, 0.3) is 0 Å². The zero-order valence-corrected chi connectivity index (χ0v) is 11.4. The molecule has 0 aromatic heterocycles. The molecule has 2 amide bonds. The van der Waals surface area contributed by atoms with Crippen LogP contribution in [0.2, 0.25) is 0 Å². The quantitative estimate of drug-likeness (QED) is 0.710. The molecule has 0 radical (unpaired) electrons. The van der Waals surface area contributed by atoms with Gasteiger partial charge >= 0.3 is 12.0 Å². The summed E-state index contributed by atoms with van der Waals surface area (Å²) in [5.74, 6) is -0.916. The van der Waals surface area contributed by atoms with Crippen molar-refractivity contribution in [2.45, 2.75) is 48.8 Å². The molecule has 2 aliphatic rings. The van der Waals surface area contributed by atoms with Crippen molar-refractivity contribution >= 4 is 23.8 Å². The molecule has 3 N–H and O–H groups in total. The summed E-state index contributed by atoms with van der Waals surface area (Å²) in [5.41, 5.74) is -1.04. The second kappa shape index (κ2) is 4.99. The summed E-state index contributed by atoms with van der Waals surface area (Å²) in [6.45, 7) is 0.621. The summed E-state index contributed by atoms with van der Waals surface area (Å²) in [4.78, 5) is 23.1. The molecule has 5 nitrogen and oxygen atoms in total. The number of carboxylic acid groups (broad SMARTS) is 1. The molecule has 0 aliphatic heterocycles. The van der Waals surface area contributed by atoms with Crippen LogP contribution >= 0.6 is 11.8 Å². The Morgan fingerprint density at radius 3 is 2.28 bits per heavy atom. The molecular formula is C12H20N2O3S. The van der Waals surface area contributed by atoms with Crippen LogP contribution in [0.3, 0.4) is 0 Å². The molecule has 0 spiro atoms. The Morgan fingerprint density at radius 2 is 1.83 bits per heavy atom. The molecule has 18 heavy (non-hydrogen) atoms. The van der Waals surface area contributed by atoms with Crippen molar-refractivity contribution in [3.05, 3.63) is 0 Å². The van der Waals surface area contributed by atoms with Gasteiger partial charge in [0.2, 0.25) is 0 Å². The largest absolute Gasteiger partial charge is 0.480 e. The number of thioether (sulfide) groups is 1. The van der Waals surface area contributed by atoms with Gasteiger partial charge in [0.1, 0.15) is 5.54 Å². The lowest BCUT2D eigenvalue weighted by molar-refractivity contribution is -0.144. The van der Waals surface area contributed by atoms with E-state index in [-0.39, 0.29) is 10.8 Å². The van der Waals surface area contributed by atoms with Gasteiger partial charge in [-0.25, -0.2) is 9.59 Å². The van der Waals surface area contributed by atoms with Gasteiger partial charge in [-0.15, -0.1) is 0 Å². The van der Waals surface area contributed by atoms with Crippen molar-refractivity contribution in [3.8, 4) is 0 Å². The molecule has 102 valence electrons. The number of hydrogen-bond donors (Lipinski definition) is 3. The van der Waals surface area contributed by atoms with Crippen molar-refractivity contribution in [3.63, 3.8) is 0 Å². The molecule has 0 unspecified atom stereocenters. The SMILES string of the molecule is CSC1(CNC(=O)NC2(C(=O)O)CCCC2)CC1. The molecule has 2 saturated carbocycles. The van der Waals surface area contributed by atoms with E-state index in [9.17, 15) is 14.7 Å². The first-order valence-corrected chi connectivity index (χ1v) is 7.59. The number of carbonyl (C=O) groups excluding carboxylic acids is 1. The van der Waals surface area contributed by atoms with Gasteiger partial charge in [-0.3, -0.25) is 0 Å². The minimum absolute atomic E-state index is 0.198. The summed E-state index contributed by atoms with van der Waals surface area (Å²) in [5, 5.41) is 14.7. The van der Waals surface area contributed by atoms with Crippen molar-refractivity contribution in [2.75, 3.05) is 12.8 Å². The first kappa shape index (κ1) is 13.5. The van der Waals surface area contributed by atoms with E-state index in [0.29, 0.717) is 19.4 Å². The number of amides is 2. The van der Waals surface area contributed by atoms with Crippen molar-refractivity contribution in [2.24, 2.45) is 0 Å². The number of nitrogens with one attached hydrogen (secondary N) is 2. The molecule has 0 saturated heterocycles. The molecule has 0 heterocycles. The maximum Gasteiger partial charge on any atom is 0.329 e. The predicted molar refractivity (Wildman–Crippen MR) is 70.8 cm³/mol. The Morgan fingerprint density at radius 1 is 1.22 bits per heavy atom. The van der Waals surface area contributed by atoms with Crippen LogP contribution in [0.15, 0.2) is 0 Å². The average molecular weight is 272 g/mol. The monoisotopic (exact) mass is 272 g/mol. The van der Waals surface area contributed by atoms with E-state index in [1.165, 1.54) is 0 Å². The second-order valence-electron chi connectivity index (χ2n) is 5.29. The summed E-state index contributed by atoms with van der Waals surface area (Å²) in [7, 11) is 0. The van der Waals surface area contributed by atoms with Crippen molar-refractivity contribution < 1.29 is 14.7 Å². The summed E-state index contributed by atoms with van der Waals surface area (Å²) < 4.78 is 0.198. The van der Waals surface area contributed by atoms with Gasteiger partial charge in [-0.1, -0.05) is 12.8 Å². The first-order valence-electron chi connectivity index (χ1n) is 6.37. The van der Waals surface area contributed by atoms with E-state index in [0.717, 1.165) is 25.7 Å². The summed E-state index contributed by atoms with van der Waals surface area (Å²) >= 11 is 1.77. The number of carbonyl (C=O) groups is 2. The van der Waals surface area contributed by atoms with E-state index < -0.39 is 11.5 Å². The normalized spacial score (nSPS) is 23.4. The van der Waals surface area contributed by atoms with Gasteiger partial charge in [0.05, 0.1) is 0 Å². The predicted octanol–water partition coefficient (Wildman–Crippen LogP) is 1.58. The average Bonchev–Trinajstić information content (AvgIpc) is 2.98. The lowest BCUT2D eigenvalue weighted by atomic mass is 9.98. The first-order chi connectivity index (χ1) is 8.52. The van der Waals surface area contributed by atoms with Crippen LogP contribution in [0.4, 0.5) is 4.79 Å². The highest BCUT2D eigenvalue weighted by Crippen LogP contribution is 2.46. The highest BCUT2D eigenvalue weighted by Gasteiger charge is 2.44. The van der Waals surface area contributed by atoms with E-state index in [2.05, 4.69) is 10.6 Å². The Bertz CT molecular complexity index is 349. The maximum atomic E-state index is 11.8.